The van der Waals surface area contributed by atoms with E-state index >= 15 is 0 Å². The van der Waals surface area contributed by atoms with E-state index in [4.69, 9.17) is 28.2 Å². The van der Waals surface area contributed by atoms with Crippen LogP contribution >= 0.6 is 23.2 Å². The largest absolute Gasteiger partial charge is 0.294 e. The molecule has 23 heavy (non-hydrogen) atoms. The molecule has 0 atom stereocenters. The van der Waals surface area contributed by atoms with Gasteiger partial charge in [0, 0.05) is 10.6 Å². The topological polar surface area (TPSA) is 29.4 Å². The quantitative estimate of drug-likeness (QED) is 0.685. The van der Waals surface area contributed by atoms with Crippen LogP contribution in [0.25, 0.3) is 0 Å². The summed E-state index contributed by atoms with van der Waals surface area (Å²) in [5, 5.41) is 1.18. The minimum Gasteiger partial charge on any atom is -0.294 e. The molecule has 0 aromatic heterocycles. The van der Waals surface area contributed by atoms with E-state index in [0.717, 1.165) is 23.3 Å². The highest BCUT2D eigenvalue weighted by Crippen LogP contribution is 2.30. The molecule has 118 valence electrons. The fraction of sp³-hybridized carbons (Fsp3) is 0.263. The van der Waals surface area contributed by atoms with E-state index in [1.54, 1.807) is 12.1 Å². The molecular weight excluding hydrogens is 329 g/mol. The third-order valence-corrected chi connectivity index (χ3v) is 4.51. The summed E-state index contributed by atoms with van der Waals surface area (Å²) >= 11 is 12.3. The number of hydrogen-bond acceptors (Lipinski definition) is 2. The van der Waals surface area contributed by atoms with Crippen LogP contribution in [0.4, 0.5) is 0 Å². The lowest BCUT2D eigenvalue weighted by Crippen LogP contribution is -2.30. The van der Waals surface area contributed by atoms with Crippen molar-refractivity contribution in [2.45, 2.75) is 32.2 Å². The van der Waals surface area contributed by atoms with Gasteiger partial charge in [-0.1, -0.05) is 41.4 Å². The maximum atomic E-state index is 12.6. The number of carbonyl (C=O) groups excluding carboxylic acids is 1. The van der Waals surface area contributed by atoms with E-state index in [1.807, 2.05) is 30.3 Å². The van der Waals surface area contributed by atoms with Gasteiger partial charge in [-0.05, 0) is 55.7 Å². The first-order valence-electron chi connectivity index (χ1n) is 7.51. The van der Waals surface area contributed by atoms with Crippen molar-refractivity contribution in [3.8, 4) is 0 Å². The molecule has 2 aromatic rings. The van der Waals surface area contributed by atoms with E-state index < -0.39 is 0 Å². The second kappa shape index (κ2) is 6.10. The molecule has 0 saturated carbocycles. The Labute approximate surface area is 146 Å². The zero-order chi connectivity index (χ0) is 16.6. The molecule has 0 amide bonds. The van der Waals surface area contributed by atoms with Gasteiger partial charge in [-0.3, -0.25) is 9.79 Å². The van der Waals surface area contributed by atoms with Gasteiger partial charge >= 0.3 is 0 Å². The molecule has 0 unspecified atom stereocenters. The van der Waals surface area contributed by atoms with Crippen molar-refractivity contribution in [1.29, 1.82) is 0 Å². The Balaban J connectivity index is 1.97. The predicted octanol–water partition coefficient (Wildman–Crippen LogP) is 5.39. The summed E-state index contributed by atoms with van der Waals surface area (Å²) in [4.78, 5) is 17.4. The number of nitrogens with zero attached hydrogens (tertiary/aromatic N) is 1. The molecule has 0 bridgehead atoms. The zero-order valence-electron chi connectivity index (χ0n) is 13.1. The first-order chi connectivity index (χ1) is 10.9. The van der Waals surface area contributed by atoms with Gasteiger partial charge in [0.25, 0.3) is 0 Å². The van der Waals surface area contributed by atoms with Crippen LogP contribution in [0, 0.1) is 0 Å². The van der Waals surface area contributed by atoms with Crippen molar-refractivity contribution in [1.82, 2.24) is 0 Å². The molecule has 0 fully saturated rings. The summed E-state index contributed by atoms with van der Waals surface area (Å²) in [6, 6.07) is 12.9. The van der Waals surface area contributed by atoms with Gasteiger partial charge in [0.1, 0.15) is 0 Å². The average Bonchev–Trinajstić information content (AvgIpc) is 2.45. The summed E-state index contributed by atoms with van der Waals surface area (Å²) in [6.07, 6.45) is 1.05. The summed E-state index contributed by atoms with van der Waals surface area (Å²) in [5.41, 5.74) is 3.25. The molecule has 1 aliphatic heterocycles. The molecule has 0 N–H and O–H groups in total. The Morgan fingerprint density at radius 1 is 1.17 bits per heavy atom. The summed E-state index contributed by atoms with van der Waals surface area (Å²) < 4.78 is 0. The predicted molar refractivity (Wildman–Crippen MR) is 96.2 cm³/mol. The molecule has 1 aliphatic rings. The Kier molecular flexibility index (Phi) is 4.31. The fourth-order valence-corrected chi connectivity index (χ4v) is 3.43. The average molecular weight is 346 g/mol. The van der Waals surface area contributed by atoms with Crippen molar-refractivity contribution < 1.29 is 4.79 Å². The smallest absolute Gasteiger partial charge is 0.170 e. The first-order valence-corrected chi connectivity index (χ1v) is 8.26. The molecular formula is C19H17Cl2NO. The van der Waals surface area contributed by atoms with Gasteiger partial charge in [0.2, 0.25) is 0 Å². The van der Waals surface area contributed by atoms with Gasteiger partial charge in [-0.25, -0.2) is 0 Å². The van der Waals surface area contributed by atoms with Crippen LogP contribution in [-0.2, 0) is 6.42 Å². The van der Waals surface area contributed by atoms with Gasteiger partial charge in [0.15, 0.2) is 5.78 Å². The number of halogens is 2. The van der Waals surface area contributed by atoms with E-state index in [1.165, 1.54) is 0 Å². The Bertz CT molecular complexity index is 809. The van der Waals surface area contributed by atoms with E-state index in [0.29, 0.717) is 15.6 Å². The van der Waals surface area contributed by atoms with Crippen molar-refractivity contribution in [3.05, 3.63) is 69.2 Å². The highest BCUT2D eigenvalue weighted by Gasteiger charge is 2.28. The molecule has 0 spiro atoms. The van der Waals surface area contributed by atoms with Crippen LogP contribution in [0.5, 0.6) is 0 Å². The summed E-state index contributed by atoms with van der Waals surface area (Å²) in [5.74, 6) is -0.0204. The number of Topliss-reactive ketones (excluding diaryl/α,β-unsaturated/α-hetero) is 1. The Hall–Kier alpha value is -1.64. The number of aliphatic imine (C=N–C) groups is 1. The lowest BCUT2D eigenvalue weighted by atomic mass is 9.85. The van der Waals surface area contributed by atoms with Crippen molar-refractivity contribution in [3.63, 3.8) is 0 Å². The van der Waals surface area contributed by atoms with E-state index in [-0.39, 0.29) is 17.7 Å². The van der Waals surface area contributed by atoms with Gasteiger partial charge in [-0.2, -0.15) is 0 Å². The lowest BCUT2D eigenvalue weighted by molar-refractivity contribution is 0.100. The number of rotatable bonds is 3. The Morgan fingerprint density at radius 2 is 1.91 bits per heavy atom. The SMILES string of the molecule is CC1(C)Cc2cc(Cl)ccc2C(CC(=O)c2ccccc2Cl)=N1. The number of carbonyl (C=O) groups is 1. The van der Waals surface area contributed by atoms with Crippen LogP contribution < -0.4 is 0 Å². The third-order valence-electron chi connectivity index (χ3n) is 3.94. The molecule has 0 saturated heterocycles. The minimum atomic E-state index is -0.242. The monoisotopic (exact) mass is 345 g/mol. The molecule has 4 heteroatoms. The van der Waals surface area contributed by atoms with Crippen molar-refractivity contribution >= 4 is 34.7 Å². The summed E-state index contributed by atoms with van der Waals surface area (Å²) in [6.45, 7) is 4.13. The maximum Gasteiger partial charge on any atom is 0.170 e. The zero-order valence-corrected chi connectivity index (χ0v) is 14.6. The van der Waals surface area contributed by atoms with Crippen LogP contribution in [-0.4, -0.2) is 17.0 Å². The number of benzene rings is 2. The van der Waals surface area contributed by atoms with Crippen LogP contribution in [0.1, 0.15) is 41.8 Å². The summed E-state index contributed by atoms with van der Waals surface area (Å²) in [7, 11) is 0. The highest BCUT2D eigenvalue weighted by atomic mass is 35.5. The standard InChI is InChI=1S/C19H17Cl2NO/c1-19(2)11-12-9-13(20)7-8-14(12)17(22-19)10-18(23)15-5-3-4-6-16(15)21/h3-9H,10-11H2,1-2H3. The van der Waals surface area contributed by atoms with Crippen LogP contribution in [0.2, 0.25) is 10.0 Å². The first kappa shape index (κ1) is 16.2. The van der Waals surface area contributed by atoms with E-state index in [2.05, 4.69) is 13.8 Å². The highest BCUT2D eigenvalue weighted by molar-refractivity contribution is 6.35. The second-order valence-electron chi connectivity index (χ2n) is 6.43. The van der Waals surface area contributed by atoms with Crippen LogP contribution in [0.15, 0.2) is 47.5 Å². The van der Waals surface area contributed by atoms with Gasteiger partial charge in [0.05, 0.1) is 22.7 Å². The maximum absolute atomic E-state index is 12.6. The van der Waals surface area contributed by atoms with E-state index in [9.17, 15) is 4.79 Å². The number of fused-ring (bicyclic) bond motifs is 1. The molecule has 3 rings (SSSR count). The lowest BCUT2D eigenvalue weighted by Gasteiger charge is -2.29. The Morgan fingerprint density at radius 3 is 2.65 bits per heavy atom. The fourth-order valence-electron chi connectivity index (χ4n) is 2.99. The van der Waals surface area contributed by atoms with Crippen LogP contribution in [0.3, 0.4) is 0 Å². The number of hydrogen-bond donors (Lipinski definition) is 0. The van der Waals surface area contributed by atoms with Crippen molar-refractivity contribution in [2.75, 3.05) is 0 Å². The molecule has 2 nitrogen and oxygen atoms in total. The molecule has 2 aromatic carbocycles. The number of ketones is 1. The minimum absolute atomic E-state index is 0.0204. The normalized spacial score (nSPS) is 15.7. The molecule has 0 aliphatic carbocycles. The second-order valence-corrected chi connectivity index (χ2v) is 7.27. The third kappa shape index (κ3) is 3.49. The molecule has 1 heterocycles. The van der Waals surface area contributed by atoms with Gasteiger partial charge in [-0.15, -0.1) is 0 Å². The van der Waals surface area contributed by atoms with Crippen molar-refractivity contribution in [2.24, 2.45) is 4.99 Å². The van der Waals surface area contributed by atoms with Gasteiger partial charge < -0.3 is 0 Å². The molecule has 0 radical (unpaired) electrons.